The standard InChI is InChI=1S/C5H9NO/c1-2-3-4-5-6-7/h2H,1,3-5H2. The molecular formula is C5H9NO. The van der Waals surface area contributed by atoms with Gasteiger partial charge in [-0.3, -0.25) is 0 Å². The molecule has 0 bridgehead atoms. The highest BCUT2D eigenvalue weighted by atomic mass is 16.3. The molecule has 0 unspecified atom stereocenters. The Morgan fingerprint density at radius 3 is 2.86 bits per heavy atom. The van der Waals surface area contributed by atoms with Crippen LogP contribution in [-0.2, 0) is 0 Å². The van der Waals surface area contributed by atoms with Crippen LogP contribution < -0.4 is 0 Å². The second-order valence-corrected chi connectivity index (χ2v) is 1.28. The summed E-state index contributed by atoms with van der Waals surface area (Å²) in [6.45, 7) is 3.91. The highest BCUT2D eigenvalue weighted by Crippen LogP contribution is 1.87. The van der Waals surface area contributed by atoms with Gasteiger partial charge >= 0.3 is 0 Å². The molecule has 0 aliphatic carbocycles. The molecule has 0 N–H and O–H groups in total. The van der Waals surface area contributed by atoms with Gasteiger partial charge in [0, 0.05) is 0 Å². The lowest BCUT2D eigenvalue weighted by atomic mass is 10.3. The van der Waals surface area contributed by atoms with Crippen molar-refractivity contribution in [3.63, 3.8) is 0 Å². The summed E-state index contributed by atoms with van der Waals surface area (Å²) in [4.78, 5) is 9.40. The Morgan fingerprint density at radius 1 is 1.71 bits per heavy atom. The molecule has 2 heteroatoms. The molecule has 0 aromatic rings. The molecule has 0 spiro atoms. The van der Waals surface area contributed by atoms with Gasteiger partial charge in [-0.1, -0.05) is 11.3 Å². The molecule has 0 saturated heterocycles. The minimum atomic E-state index is 0.423. The average molecular weight is 99.1 g/mol. The molecule has 0 saturated carbocycles. The second kappa shape index (κ2) is 5.34. The predicted molar refractivity (Wildman–Crippen MR) is 30.1 cm³/mol. The van der Waals surface area contributed by atoms with Crippen molar-refractivity contribution in [2.24, 2.45) is 5.18 Å². The van der Waals surface area contributed by atoms with E-state index in [9.17, 15) is 4.91 Å². The van der Waals surface area contributed by atoms with E-state index in [-0.39, 0.29) is 0 Å². The molecule has 0 atom stereocenters. The maximum atomic E-state index is 9.40. The largest absolute Gasteiger partial charge is 0.151 e. The number of unbranched alkanes of at least 4 members (excludes halogenated alkanes) is 1. The maximum Gasteiger partial charge on any atom is 0.0814 e. The van der Waals surface area contributed by atoms with Crippen LogP contribution in [0.1, 0.15) is 12.8 Å². The Hall–Kier alpha value is -0.660. The van der Waals surface area contributed by atoms with Gasteiger partial charge in [0.25, 0.3) is 0 Å². The fourth-order valence-electron chi connectivity index (χ4n) is 0.300. The molecule has 2 nitrogen and oxygen atoms in total. The lowest BCUT2D eigenvalue weighted by Gasteiger charge is -1.80. The number of rotatable bonds is 4. The van der Waals surface area contributed by atoms with Crippen molar-refractivity contribution in [2.45, 2.75) is 12.8 Å². The van der Waals surface area contributed by atoms with Gasteiger partial charge in [0.05, 0.1) is 6.54 Å². The monoisotopic (exact) mass is 99.1 g/mol. The third kappa shape index (κ3) is 5.34. The normalized spacial score (nSPS) is 8.00. The van der Waals surface area contributed by atoms with Gasteiger partial charge in [-0.15, -0.1) is 6.58 Å². The van der Waals surface area contributed by atoms with E-state index in [2.05, 4.69) is 11.8 Å². The van der Waals surface area contributed by atoms with Crippen molar-refractivity contribution >= 4 is 0 Å². The SMILES string of the molecule is C=CCCCN=O. The summed E-state index contributed by atoms with van der Waals surface area (Å²) in [6.07, 6.45) is 3.52. The van der Waals surface area contributed by atoms with E-state index < -0.39 is 0 Å². The van der Waals surface area contributed by atoms with Crippen LogP contribution in [0.2, 0.25) is 0 Å². The van der Waals surface area contributed by atoms with Gasteiger partial charge in [0.2, 0.25) is 0 Å². The summed E-state index contributed by atoms with van der Waals surface area (Å²) in [6, 6.07) is 0. The van der Waals surface area contributed by atoms with Crippen LogP contribution >= 0.6 is 0 Å². The summed E-state index contributed by atoms with van der Waals surface area (Å²) in [7, 11) is 0. The highest BCUT2D eigenvalue weighted by Gasteiger charge is 1.77. The van der Waals surface area contributed by atoms with Crippen LogP contribution in [0.4, 0.5) is 0 Å². The summed E-state index contributed by atoms with van der Waals surface area (Å²) >= 11 is 0. The molecule has 0 aromatic carbocycles. The van der Waals surface area contributed by atoms with E-state index >= 15 is 0 Å². The lowest BCUT2D eigenvalue weighted by molar-refractivity contribution is 0.852. The van der Waals surface area contributed by atoms with Gasteiger partial charge in [-0.05, 0) is 12.8 Å². The average Bonchev–Trinajstić information content (AvgIpc) is 1.69. The second-order valence-electron chi connectivity index (χ2n) is 1.28. The molecule has 0 aromatic heterocycles. The van der Waals surface area contributed by atoms with Crippen LogP contribution in [-0.4, -0.2) is 6.54 Å². The van der Waals surface area contributed by atoms with E-state index in [1.807, 2.05) is 0 Å². The lowest BCUT2D eigenvalue weighted by Crippen LogP contribution is -1.73. The molecule has 0 heterocycles. The predicted octanol–water partition coefficient (Wildman–Crippen LogP) is 1.72. The van der Waals surface area contributed by atoms with Gasteiger partial charge < -0.3 is 0 Å². The van der Waals surface area contributed by atoms with Crippen LogP contribution in [0, 0.1) is 4.91 Å². The van der Waals surface area contributed by atoms with Gasteiger partial charge in [-0.2, -0.15) is 4.91 Å². The van der Waals surface area contributed by atoms with E-state index in [1.54, 1.807) is 6.08 Å². The zero-order valence-corrected chi connectivity index (χ0v) is 4.26. The Bertz CT molecular complexity index is 53.1. The van der Waals surface area contributed by atoms with Gasteiger partial charge in [0.1, 0.15) is 0 Å². The van der Waals surface area contributed by atoms with Crippen molar-refractivity contribution in [3.05, 3.63) is 17.6 Å². The molecule has 0 fully saturated rings. The zero-order chi connectivity index (χ0) is 5.54. The fraction of sp³-hybridized carbons (Fsp3) is 0.600. The van der Waals surface area contributed by atoms with Crippen molar-refractivity contribution in [2.75, 3.05) is 6.54 Å². The third-order valence-electron chi connectivity index (χ3n) is 0.658. The first kappa shape index (κ1) is 6.34. The van der Waals surface area contributed by atoms with Crippen molar-refractivity contribution in [1.29, 1.82) is 0 Å². The van der Waals surface area contributed by atoms with Crippen LogP contribution in [0.3, 0.4) is 0 Å². The smallest absolute Gasteiger partial charge is 0.0814 e. The number of allylic oxidation sites excluding steroid dienone is 1. The highest BCUT2D eigenvalue weighted by molar-refractivity contribution is 4.65. The van der Waals surface area contributed by atoms with Crippen LogP contribution in [0.15, 0.2) is 17.8 Å². The van der Waals surface area contributed by atoms with Crippen LogP contribution in [0.25, 0.3) is 0 Å². The van der Waals surface area contributed by atoms with E-state index in [0.717, 1.165) is 12.8 Å². The first-order valence-electron chi connectivity index (χ1n) is 2.32. The molecule has 0 amide bonds. The number of hydrogen-bond acceptors (Lipinski definition) is 2. The van der Waals surface area contributed by atoms with Crippen molar-refractivity contribution < 1.29 is 0 Å². The first-order chi connectivity index (χ1) is 3.41. The molecule has 7 heavy (non-hydrogen) atoms. The van der Waals surface area contributed by atoms with Gasteiger partial charge in [-0.25, -0.2) is 0 Å². The summed E-state index contributed by atoms with van der Waals surface area (Å²) in [5, 5.41) is 2.68. The first-order valence-corrected chi connectivity index (χ1v) is 2.32. The minimum Gasteiger partial charge on any atom is -0.151 e. The number of nitroso groups, excluding NO2 is 1. The van der Waals surface area contributed by atoms with Gasteiger partial charge in [0.15, 0.2) is 0 Å². The Balaban J connectivity index is 2.68. The summed E-state index contributed by atoms with van der Waals surface area (Å²) < 4.78 is 0. The number of nitrogens with zero attached hydrogens (tertiary/aromatic N) is 1. The molecule has 0 radical (unpaired) electrons. The quantitative estimate of drug-likeness (QED) is 0.300. The fourth-order valence-corrected chi connectivity index (χ4v) is 0.300. The molecule has 0 aliphatic heterocycles. The Labute approximate surface area is 43.2 Å². The number of hydrogen-bond donors (Lipinski definition) is 0. The molecular weight excluding hydrogens is 90.1 g/mol. The minimum absolute atomic E-state index is 0.423. The summed E-state index contributed by atoms with van der Waals surface area (Å²) in [5.41, 5.74) is 0. The van der Waals surface area contributed by atoms with E-state index in [4.69, 9.17) is 0 Å². The Kier molecular flexibility index (Phi) is 4.84. The topological polar surface area (TPSA) is 29.4 Å². The molecule has 40 valence electrons. The van der Waals surface area contributed by atoms with E-state index in [1.165, 1.54) is 0 Å². The maximum absolute atomic E-state index is 9.40. The zero-order valence-electron chi connectivity index (χ0n) is 4.26. The summed E-state index contributed by atoms with van der Waals surface area (Å²) in [5.74, 6) is 0. The molecule has 0 rings (SSSR count). The van der Waals surface area contributed by atoms with Crippen molar-refractivity contribution in [1.82, 2.24) is 0 Å². The van der Waals surface area contributed by atoms with E-state index in [0.29, 0.717) is 6.54 Å². The van der Waals surface area contributed by atoms with Crippen molar-refractivity contribution in [3.8, 4) is 0 Å². The third-order valence-corrected chi connectivity index (χ3v) is 0.658. The Morgan fingerprint density at radius 2 is 2.43 bits per heavy atom. The van der Waals surface area contributed by atoms with Crippen LogP contribution in [0.5, 0.6) is 0 Å². The molecule has 0 aliphatic rings.